The third-order valence-electron chi connectivity index (χ3n) is 6.65. The number of carbonyl (C=O) groups excluding carboxylic acids is 1. The first kappa shape index (κ1) is 23.2. The number of nitrogens with one attached hydrogen (secondary N) is 1. The van der Waals surface area contributed by atoms with Crippen LogP contribution in [0.15, 0.2) is 60.7 Å². The number of likely N-dealkylation sites (N-methyl/N-ethyl adjacent to an activating group) is 1. The fourth-order valence-electron chi connectivity index (χ4n) is 4.74. The summed E-state index contributed by atoms with van der Waals surface area (Å²) < 4.78 is 2.32. The Bertz CT molecular complexity index is 1710. The first-order valence-corrected chi connectivity index (χ1v) is 15.4. The molecule has 7 rings (SSSR count). The number of hydrogen-bond acceptors (Lipinski definition) is 8. The van der Waals surface area contributed by atoms with Crippen molar-refractivity contribution in [2.24, 2.45) is 0 Å². The zero-order chi connectivity index (χ0) is 24.9. The lowest BCUT2D eigenvalue weighted by molar-refractivity contribution is 0.103. The highest BCUT2D eigenvalue weighted by atomic mass is 32.1. The number of thiazole rings is 2. The van der Waals surface area contributed by atoms with Crippen molar-refractivity contribution in [3.05, 3.63) is 76.0 Å². The van der Waals surface area contributed by atoms with E-state index >= 15 is 0 Å². The molecule has 0 radical (unpaired) electrons. The largest absolute Gasteiger partial charge is 0.312 e. The van der Waals surface area contributed by atoms with Gasteiger partial charge in [-0.2, -0.15) is 0 Å². The van der Waals surface area contributed by atoms with Gasteiger partial charge in [0.1, 0.15) is 15.0 Å². The molecule has 1 aliphatic heterocycles. The lowest BCUT2D eigenvalue weighted by Gasteiger charge is -2.25. The minimum Gasteiger partial charge on any atom is -0.312 e. The van der Waals surface area contributed by atoms with E-state index in [1.165, 1.54) is 26.5 Å². The van der Waals surface area contributed by atoms with Gasteiger partial charge in [-0.15, -0.1) is 45.3 Å². The van der Waals surface area contributed by atoms with Crippen molar-refractivity contribution in [1.82, 2.24) is 14.9 Å². The van der Waals surface area contributed by atoms with Gasteiger partial charge in [0.2, 0.25) is 0 Å². The number of rotatable bonds is 5. The van der Waals surface area contributed by atoms with E-state index in [-0.39, 0.29) is 5.91 Å². The second-order valence-electron chi connectivity index (χ2n) is 8.92. The van der Waals surface area contributed by atoms with Crippen LogP contribution in [0, 0.1) is 0 Å². The molecular weight excluding hydrogens is 537 g/mol. The van der Waals surface area contributed by atoms with Gasteiger partial charge in [-0.05, 0) is 54.9 Å². The summed E-state index contributed by atoms with van der Waals surface area (Å²) in [4.78, 5) is 28.7. The third-order valence-corrected chi connectivity index (χ3v) is 11.1. The maximum atomic E-state index is 13.5. The van der Waals surface area contributed by atoms with Gasteiger partial charge in [0.05, 0.1) is 30.2 Å². The Hall–Kier alpha value is -2.95. The van der Waals surface area contributed by atoms with Crippen molar-refractivity contribution in [3.8, 4) is 20.5 Å². The van der Waals surface area contributed by atoms with E-state index in [0.717, 1.165) is 67.2 Å². The maximum absolute atomic E-state index is 13.5. The molecule has 37 heavy (non-hydrogen) atoms. The lowest BCUT2D eigenvalue weighted by atomic mass is 10.0. The van der Waals surface area contributed by atoms with Crippen LogP contribution in [0.3, 0.4) is 0 Å². The van der Waals surface area contributed by atoms with Crippen molar-refractivity contribution in [1.29, 1.82) is 0 Å². The molecule has 0 saturated heterocycles. The normalized spacial score (nSPS) is 13.9. The van der Waals surface area contributed by atoms with Gasteiger partial charge in [-0.1, -0.05) is 31.2 Å². The van der Waals surface area contributed by atoms with Gasteiger partial charge >= 0.3 is 0 Å². The summed E-state index contributed by atoms with van der Waals surface area (Å²) >= 11 is 6.56. The molecule has 1 aliphatic rings. The monoisotopic (exact) mass is 558 g/mol. The van der Waals surface area contributed by atoms with Crippen LogP contribution in [0.2, 0.25) is 0 Å². The topological polar surface area (TPSA) is 58.1 Å². The summed E-state index contributed by atoms with van der Waals surface area (Å²) in [5.74, 6) is -0.0781. The molecule has 0 bridgehead atoms. The molecule has 4 aromatic heterocycles. The molecule has 0 unspecified atom stereocenters. The van der Waals surface area contributed by atoms with Crippen LogP contribution >= 0.6 is 45.3 Å². The minimum absolute atomic E-state index is 0.0781. The average Bonchev–Trinajstić information content (AvgIpc) is 3.71. The number of carbonyl (C=O) groups is 1. The Morgan fingerprint density at radius 3 is 2.32 bits per heavy atom. The van der Waals surface area contributed by atoms with Crippen LogP contribution in [0.5, 0.6) is 0 Å². The standard InChI is InChI=1S/C28H22N4OS4/c1-2-32-14-13-16-23(15-32)37-28(24(16)27-30-18-8-4-6-10-20(18)36-27)31-25(33)21-11-12-22(34-21)26-29-17-7-3-5-9-19(17)35-26/h3-12H,2,13-15H2,1H3,(H,31,33). The van der Waals surface area contributed by atoms with E-state index in [4.69, 9.17) is 9.97 Å². The van der Waals surface area contributed by atoms with Gasteiger partial charge in [0.15, 0.2) is 0 Å². The Labute approximate surface area is 230 Å². The number of fused-ring (bicyclic) bond motifs is 3. The number of nitrogens with zero attached hydrogens (tertiary/aromatic N) is 3. The molecule has 184 valence electrons. The molecule has 5 heterocycles. The Morgan fingerprint density at radius 1 is 0.892 bits per heavy atom. The highest BCUT2D eigenvalue weighted by molar-refractivity contribution is 7.26. The lowest BCUT2D eigenvalue weighted by Crippen LogP contribution is -2.29. The van der Waals surface area contributed by atoms with E-state index in [2.05, 4.69) is 41.4 Å². The van der Waals surface area contributed by atoms with E-state index < -0.39 is 0 Å². The van der Waals surface area contributed by atoms with Gasteiger partial charge in [0.25, 0.3) is 5.91 Å². The van der Waals surface area contributed by atoms with Crippen LogP contribution in [0.4, 0.5) is 5.00 Å². The van der Waals surface area contributed by atoms with Crippen LogP contribution in [0.25, 0.3) is 40.9 Å². The first-order valence-electron chi connectivity index (χ1n) is 12.2. The summed E-state index contributed by atoms with van der Waals surface area (Å²) in [5, 5.41) is 6.11. The van der Waals surface area contributed by atoms with Crippen molar-refractivity contribution >= 4 is 76.7 Å². The molecule has 0 spiro atoms. The molecule has 0 saturated carbocycles. The number of anilines is 1. The maximum Gasteiger partial charge on any atom is 0.266 e. The minimum atomic E-state index is -0.0781. The molecule has 9 heteroatoms. The summed E-state index contributed by atoms with van der Waals surface area (Å²) in [6.07, 6.45) is 0.974. The smallest absolute Gasteiger partial charge is 0.266 e. The van der Waals surface area contributed by atoms with Crippen LogP contribution < -0.4 is 5.32 Å². The second kappa shape index (κ2) is 9.41. The predicted octanol–water partition coefficient (Wildman–Crippen LogP) is 7.99. The van der Waals surface area contributed by atoms with Gasteiger partial charge in [-0.25, -0.2) is 9.97 Å². The molecule has 5 nitrogen and oxygen atoms in total. The summed E-state index contributed by atoms with van der Waals surface area (Å²) in [5.41, 5.74) is 4.44. The highest BCUT2D eigenvalue weighted by Crippen LogP contribution is 2.46. The molecular formula is C28H22N4OS4. The van der Waals surface area contributed by atoms with E-state index in [9.17, 15) is 4.79 Å². The number of para-hydroxylation sites is 2. The molecule has 0 atom stereocenters. The van der Waals surface area contributed by atoms with Crippen LogP contribution in [-0.4, -0.2) is 33.9 Å². The second-order valence-corrected chi connectivity index (χ2v) is 13.2. The van der Waals surface area contributed by atoms with Gasteiger partial charge in [0, 0.05) is 23.5 Å². The molecule has 2 aromatic carbocycles. The molecule has 1 amide bonds. The zero-order valence-corrected chi connectivity index (χ0v) is 23.3. The Kier molecular flexibility index (Phi) is 5.90. The van der Waals surface area contributed by atoms with Crippen molar-refractivity contribution in [2.75, 3.05) is 18.4 Å². The first-order chi connectivity index (χ1) is 18.2. The number of aromatic nitrogens is 2. The molecule has 0 aliphatic carbocycles. The van der Waals surface area contributed by atoms with Crippen LogP contribution in [-0.2, 0) is 13.0 Å². The fraction of sp³-hybridized carbons (Fsp3) is 0.179. The quantitative estimate of drug-likeness (QED) is 0.233. The Balaban J connectivity index is 1.24. The van der Waals surface area contributed by atoms with Crippen molar-refractivity contribution in [3.63, 3.8) is 0 Å². The van der Waals surface area contributed by atoms with E-state index in [1.54, 1.807) is 34.0 Å². The van der Waals surface area contributed by atoms with Crippen molar-refractivity contribution in [2.45, 2.75) is 19.9 Å². The number of benzene rings is 2. The van der Waals surface area contributed by atoms with Crippen LogP contribution in [0.1, 0.15) is 27.0 Å². The third kappa shape index (κ3) is 4.20. The summed E-state index contributed by atoms with van der Waals surface area (Å²) in [6, 6.07) is 20.3. The fourth-order valence-corrected chi connectivity index (χ4v) is 9.05. The summed E-state index contributed by atoms with van der Waals surface area (Å²) in [6.45, 7) is 5.18. The highest BCUT2D eigenvalue weighted by Gasteiger charge is 2.28. The molecule has 0 fully saturated rings. The molecule has 6 aromatic rings. The van der Waals surface area contributed by atoms with E-state index in [0.29, 0.717) is 4.88 Å². The SMILES string of the molecule is CCN1CCc2c(sc(NC(=O)c3ccc(-c4nc5ccccc5s4)s3)c2-c2nc3ccccc3s2)C1. The van der Waals surface area contributed by atoms with E-state index in [1.807, 2.05) is 36.4 Å². The zero-order valence-electron chi connectivity index (χ0n) is 20.0. The van der Waals surface area contributed by atoms with Crippen molar-refractivity contribution < 1.29 is 4.79 Å². The number of thiophene rings is 2. The van der Waals surface area contributed by atoms with Gasteiger partial charge in [-0.3, -0.25) is 9.69 Å². The predicted molar refractivity (Wildman–Crippen MR) is 158 cm³/mol. The summed E-state index contributed by atoms with van der Waals surface area (Å²) in [7, 11) is 0. The number of hydrogen-bond donors (Lipinski definition) is 1. The number of amides is 1. The van der Waals surface area contributed by atoms with Gasteiger partial charge < -0.3 is 5.32 Å². The average molecular weight is 559 g/mol. The molecule has 1 N–H and O–H groups in total. The Morgan fingerprint density at radius 2 is 1.59 bits per heavy atom.